The standard InChI is InChI=1S/C18H23N3O2/c1-12(2)18-19-9-8-17(20-18)21(14-5-6-14)11-13-4-7-15(22)16(10-13)23-3/h4,7-10,12,14,22H,5-6,11H2,1-3H3. The summed E-state index contributed by atoms with van der Waals surface area (Å²) in [6.45, 7) is 4.95. The third-order valence-corrected chi connectivity index (χ3v) is 4.05. The van der Waals surface area contributed by atoms with Crippen LogP contribution in [0.2, 0.25) is 0 Å². The van der Waals surface area contributed by atoms with E-state index in [0.717, 1.165) is 23.8 Å². The van der Waals surface area contributed by atoms with E-state index >= 15 is 0 Å². The fourth-order valence-electron chi connectivity index (χ4n) is 2.60. The maximum absolute atomic E-state index is 9.75. The third-order valence-electron chi connectivity index (χ3n) is 4.05. The summed E-state index contributed by atoms with van der Waals surface area (Å²) in [6.07, 6.45) is 4.22. The first-order valence-electron chi connectivity index (χ1n) is 8.04. The van der Waals surface area contributed by atoms with Crippen LogP contribution in [-0.4, -0.2) is 28.2 Å². The van der Waals surface area contributed by atoms with E-state index in [1.807, 2.05) is 24.4 Å². The number of phenols is 1. The van der Waals surface area contributed by atoms with Gasteiger partial charge < -0.3 is 14.7 Å². The van der Waals surface area contributed by atoms with Crippen molar-refractivity contribution < 1.29 is 9.84 Å². The van der Waals surface area contributed by atoms with Gasteiger partial charge in [-0.25, -0.2) is 9.97 Å². The summed E-state index contributed by atoms with van der Waals surface area (Å²) >= 11 is 0. The van der Waals surface area contributed by atoms with E-state index in [1.54, 1.807) is 13.2 Å². The van der Waals surface area contributed by atoms with Gasteiger partial charge in [0.25, 0.3) is 0 Å². The number of rotatable bonds is 6. The lowest BCUT2D eigenvalue weighted by molar-refractivity contribution is 0.373. The van der Waals surface area contributed by atoms with Crippen LogP contribution in [0.5, 0.6) is 11.5 Å². The van der Waals surface area contributed by atoms with Crippen molar-refractivity contribution in [3.63, 3.8) is 0 Å². The number of nitrogens with zero attached hydrogens (tertiary/aromatic N) is 3. The molecule has 1 saturated carbocycles. The summed E-state index contributed by atoms with van der Waals surface area (Å²) in [5, 5.41) is 9.75. The Morgan fingerprint density at radius 1 is 1.30 bits per heavy atom. The van der Waals surface area contributed by atoms with E-state index in [9.17, 15) is 5.11 Å². The Morgan fingerprint density at radius 2 is 2.09 bits per heavy atom. The Morgan fingerprint density at radius 3 is 2.74 bits per heavy atom. The minimum atomic E-state index is 0.165. The van der Waals surface area contributed by atoms with Crippen molar-refractivity contribution in [2.75, 3.05) is 12.0 Å². The van der Waals surface area contributed by atoms with Crippen molar-refractivity contribution in [1.29, 1.82) is 0 Å². The minimum absolute atomic E-state index is 0.165. The third kappa shape index (κ3) is 3.55. The van der Waals surface area contributed by atoms with Crippen LogP contribution >= 0.6 is 0 Å². The molecule has 1 aliphatic carbocycles. The summed E-state index contributed by atoms with van der Waals surface area (Å²) in [4.78, 5) is 11.4. The number of hydrogen-bond acceptors (Lipinski definition) is 5. The van der Waals surface area contributed by atoms with Crippen molar-refractivity contribution in [3.8, 4) is 11.5 Å². The number of hydrogen-bond donors (Lipinski definition) is 1. The van der Waals surface area contributed by atoms with Gasteiger partial charge in [0.1, 0.15) is 11.6 Å². The number of phenolic OH excluding ortho intramolecular Hbond substituents is 1. The normalized spacial score (nSPS) is 14.1. The van der Waals surface area contributed by atoms with Gasteiger partial charge in [0.2, 0.25) is 0 Å². The largest absolute Gasteiger partial charge is 0.504 e. The molecule has 1 N–H and O–H groups in total. The van der Waals surface area contributed by atoms with Crippen LogP contribution in [0.1, 0.15) is 44.0 Å². The number of aromatic hydroxyl groups is 1. The van der Waals surface area contributed by atoms with Crippen molar-refractivity contribution in [2.45, 2.75) is 45.2 Å². The first kappa shape index (κ1) is 15.6. The van der Waals surface area contributed by atoms with Crippen LogP contribution in [0.4, 0.5) is 5.82 Å². The lowest BCUT2D eigenvalue weighted by Crippen LogP contribution is -2.26. The molecule has 0 spiro atoms. The van der Waals surface area contributed by atoms with E-state index in [1.165, 1.54) is 12.8 Å². The highest BCUT2D eigenvalue weighted by atomic mass is 16.5. The molecule has 1 aliphatic rings. The van der Waals surface area contributed by atoms with E-state index < -0.39 is 0 Å². The van der Waals surface area contributed by atoms with Crippen LogP contribution in [-0.2, 0) is 6.54 Å². The van der Waals surface area contributed by atoms with Crippen LogP contribution < -0.4 is 9.64 Å². The van der Waals surface area contributed by atoms with Crippen molar-refractivity contribution >= 4 is 5.82 Å². The summed E-state index contributed by atoms with van der Waals surface area (Å²) in [7, 11) is 1.57. The molecule has 1 heterocycles. The summed E-state index contributed by atoms with van der Waals surface area (Å²) in [6, 6.07) is 8.00. The molecule has 0 aliphatic heterocycles. The highest BCUT2D eigenvalue weighted by molar-refractivity contribution is 5.46. The van der Waals surface area contributed by atoms with Crippen molar-refractivity contribution in [1.82, 2.24) is 9.97 Å². The zero-order chi connectivity index (χ0) is 16.4. The Balaban J connectivity index is 1.86. The number of aromatic nitrogens is 2. The molecule has 0 bridgehead atoms. The maximum Gasteiger partial charge on any atom is 0.160 e. The number of anilines is 1. The molecular formula is C18H23N3O2. The summed E-state index contributed by atoms with van der Waals surface area (Å²) in [5.41, 5.74) is 1.09. The molecule has 5 heteroatoms. The molecule has 5 nitrogen and oxygen atoms in total. The molecule has 0 radical (unpaired) electrons. The second-order valence-electron chi connectivity index (χ2n) is 6.29. The molecule has 0 unspecified atom stereocenters. The Labute approximate surface area is 137 Å². The second-order valence-corrected chi connectivity index (χ2v) is 6.29. The molecular weight excluding hydrogens is 290 g/mol. The van der Waals surface area contributed by atoms with Gasteiger partial charge in [-0.15, -0.1) is 0 Å². The molecule has 0 saturated heterocycles. The van der Waals surface area contributed by atoms with Crippen LogP contribution in [0.3, 0.4) is 0 Å². The Bertz CT molecular complexity index is 684. The number of methoxy groups -OCH3 is 1. The number of benzene rings is 1. The molecule has 2 aromatic rings. The van der Waals surface area contributed by atoms with Crippen LogP contribution in [0.15, 0.2) is 30.5 Å². The van der Waals surface area contributed by atoms with Gasteiger partial charge in [-0.05, 0) is 36.6 Å². The topological polar surface area (TPSA) is 58.5 Å². The molecule has 1 aromatic heterocycles. The SMILES string of the molecule is COc1cc(CN(c2ccnc(C(C)C)n2)C2CC2)ccc1O. The fourth-order valence-corrected chi connectivity index (χ4v) is 2.60. The zero-order valence-electron chi connectivity index (χ0n) is 13.9. The quantitative estimate of drug-likeness (QED) is 0.884. The molecule has 0 atom stereocenters. The van der Waals surface area contributed by atoms with Gasteiger partial charge >= 0.3 is 0 Å². The lowest BCUT2D eigenvalue weighted by Gasteiger charge is -2.24. The average molecular weight is 313 g/mol. The highest BCUT2D eigenvalue weighted by Gasteiger charge is 2.30. The molecule has 0 amide bonds. The Kier molecular flexibility index (Phi) is 4.37. The average Bonchev–Trinajstić information content (AvgIpc) is 3.39. The first-order chi connectivity index (χ1) is 11.1. The monoisotopic (exact) mass is 313 g/mol. The minimum Gasteiger partial charge on any atom is -0.504 e. The van der Waals surface area contributed by atoms with Crippen molar-refractivity contribution in [3.05, 3.63) is 41.9 Å². The molecule has 1 fully saturated rings. The smallest absolute Gasteiger partial charge is 0.160 e. The fraction of sp³-hybridized carbons (Fsp3) is 0.444. The van der Waals surface area contributed by atoms with Crippen molar-refractivity contribution in [2.24, 2.45) is 0 Å². The molecule has 23 heavy (non-hydrogen) atoms. The van der Waals surface area contributed by atoms with E-state index in [-0.39, 0.29) is 5.75 Å². The van der Waals surface area contributed by atoms with Crippen LogP contribution in [0, 0.1) is 0 Å². The Hall–Kier alpha value is -2.30. The van der Waals surface area contributed by atoms with Gasteiger partial charge in [-0.2, -0.15) is 0 Å². The predicted octanol–water partition coefficient (Wildman–Crippen LogP) is 3.48. The summed E-state index contributed by atoms with van der Waals surface area (Å²) < 4.78 is 5.21. The molecule has 122 valence electrons. The van der Waals surface area contributed by atoms with E-state index in [0.29, 0.717) is 17.7 Å². The number of ether oxygens (including phenoxy) is 1. The zero-order valence-corrected chi connectivity index (χ0v) is 13.9. The maximum atomic E-state index is 9.75. The van der Waals surface area contributed by atoms with Gasteiger partial charge in [-0.3, -0.25) is 0 Å². The van der Waals surface area contributed by atoms with Gasteiger partial charge in [0.15, 0.2) is 11.5 Å². The second kappa shape index (κ2) is 6.44. The predicted molar refractivity (Wildman–Crippen MR) is 90.0 cm³/mol. The van der Waals surface area contributed by atoms with E-state index in [4.69, 9.17) is 9.72 Å². The van der Waals surface area contributed by atoms with Gasteiger partial charge in [0, 0.05) is 24.7 Å². The highest BCUT2D eigenvalue weighted by Crippen LogP contribution is 2.34. The lowest BCUT2D eigenvalue weighted by atomic mass is 10.1. The molecule has 3 rings (SSSR count). The molecule has 1 aromatic carbocycles. The summed E-state index contributed by atoms with van der Waals surface area (Å²) in [5.74, 6) is 2.82. The van der Waals surface area contributed by atoms with E-state index in [2.05, 4.69) is 23.7 Å². The van der Waals surface area contributed by atoms with Gasteiger partial charge in [0.05, 0.1) is 7.11 Å². The van der Waals surface area contributed by atoms with Gasteiger partial charge in [-0.1, -0.05) is 19.9 Å². The van der Waals surface area contributed by atoms with Crippen LogP contribution in [0.25, 0.3) is 0 Å². The first-order valence-corrected chi connectivity index (χ1v) is 8.04.